The fourth-order valence-corrected chi connectivity index (χ4v) is 2.84. The number of carboxylic acid groups (broad SMARTS) is 1. The van der Waals surface area contributed by atoms with E-state index in [1.165, 1.54) is 6.42 Å². The third kappa shape index (κ3) is 2.28. The molecule has 0 heterocycles. The Morgan fingerprint density at radius 1 is 1.43 bits per heavy atom. The zero-order valence-electron chi connectivity index (χ0n) is 9.71. The SMILES string of the molecule is CC1C(CCC(=O)O)CC(C)(C)C1C. The summed E-state index contributed by atoms with van der Waals surface area (Å²) in [6, 6.07) is 0. The van der Waals surface area contributed by atoms with Crippen LogP contribution in [0.2, 0.25) is 0 Å². The standard InChI is InChI=1S/C12H22O2/c1-8-9(2)12(3,4)7-10(8)5-6-11(13)14/h8-10H,5-7H2,1-4H3,(H,13,14). The van der Waals surface area contributed by atoms with Crippen LogP contribution in [0.25, 0.3) is 0 Å². The van der Waals surface area contributed by atoms with E-state index in [0.717, 1.165) is 6.42 Å². The first-order valence-corrected chi connectivity index (χ1v) is 5.56. The second-order valence-corrected chi connectivity index (χ2v) is 5.53. The molecular formula is C12H22O2. The number of rotatable bonds is 3. The predicted octanol–water partition coefficient (Wildman–Crippen LogP) is 3.17. The summed E-state index contributed by atoms with van der Waals surface area (Å²) in [6.45, 7) is 9.17. The van der Waals surface area contributed by atoms with E-state index in [9.17, 15) is 4.79 Å². The van der Waals surface area contributed by atoms with Gasteiger partial charge in [-0.2, -0.15) is 0 Å². The molecule has 1 aliphatic rings. The van der Waals surface area contributed by atoms with E-state index in [-0.39, 0.29) is 0 Å². The fourth-order valence-electron chi connectivity index (χ4n) is 2.84. The van der Waals surface area contributed by atoms with Gasteiger partial charge in [0, 0.05) is 6.42 Å². The highest BCUT2D eigenvalue weighted by molar-refractivity contribution is 5.66. The van der Waals surface area contributed by atoms with Gasteiger partial charge < -0.3 is 5.11 Å². The molecular weight excluding hydrogens is 176 g/mol. The van der Waals surface area contributed by atoms with Crippen LogP contribution < -0.4 is 0 Å². The average Bonchev–Trinajstić information content (AvgIpc) is 2.26. The zero-order chi connectivity index (χ0) is 10.9. The van der Waals surface area contributed by atoms with E-state index in [1.54, 1.807) is 0 Å². The molecule has 0 aromatic heterocycles. The Kier molecular flexibility index (Phi) is 3.23. The van der Waals surface area contributed by atoms with Crippen molar-refractivity contribution in [1.29, 1.82) is 0 Å². The van der Waals surface area contributed by atoms with Crippen molar-refractivity contribution >= 4 is 5.97 Å². The number of hydrogen-bond donors (Lipinski definition) is 1. The lowest BCUT2D eigenvalue weighted by Crippen LogP contribution is -2.17. The highest BCUT2D eigenvalue weighted by Gasteiger charge is 2.42. The first-order chi connectivity index (χ1) is 6.34. The van der Waals surface area contributed by atoms with Crippen molar-refractivity contribution in [1.82, 2.24) is 0 Å². The van der Waals surface area contributed by atoms with Crippen molar-refractivity contribution in [3.63, 3.8) is 0 Å². The highest BCUT2D eigenvalue weighted by Crippen LogP contribution is 2.50. The summed E-state index contributed by atoms with van der Waals surface area (Å²) in [5.41, 5.74) is 0.391. The third-order valence-corrected chi connectivity index (χ3v) is 4.28. The first kappa shape index (κ1) is 11.5. The van der Waals surface area contributed by atoms with Gasteiger partial charge in [-0.25, -0.2) is 0 Å². The summed E-state index contributed by atoms with van der Waals surface area (Å²) in [6.07, 6.45) is 2.37. The van der Waals surface area contributed by atoms with Crippen LogP contribution in [-0.4, -0.2) is 11.1 Å². The Hall–Kier alpha value is -0.530. The molecule has 82 valence electrons. The Morgan fingerprint density at radius 3 is 2.36 bits per heavy atom. The topological polar surface area (TPSA) is 37.3 Å². The van der Waals surface area contributed by atoms with E-state index in [2.05, 4.69) is 27.7 Å². The Bertz CT molecular complexity index is 220. The zero-order valence-corrected chi connectivity index (χ0v) is 9.71. The Labute approximate surface area is 86.7 Å². The van der Waals surface area contributed by atoms with Crippen LogP contribution in [0.3, 0.4) is 0 Å². The molecule has 1 aliphatic carbocycles. The lowest BCUT2D eigenvalue weighted by atomic mass is 9.81. The second-order valence-electron chi connectivity index (χ2n) is 5.53. The molecule has 0 aromatic carbocycles. The molecule has 2 heteroatoms. The van der Waals surface area contributed by atoms with Crippen molar-refractivity contribution in [2.24, 2.45) is 23.2 Å². The molecule has 0 spiro atoms. The number of carboxylic acids is 1. The lowest BCUT2D eigenvalue weighted by Gasteiger charge is -2.25. The van der Waals surface area contributed by atoms with Gasteiger partial charge in [0.05, 0.1) is 0 Å². The molecule has 0 bridgehead atoms. The van der Waals surface area contributed by atoms with Crippen molar-refractivity contribution in [3.8, 4) is 0 Å². The number of hydrogen-bond acceptors (Lipinski definition) is 1. The van der Waals surface area contributed by atoms with E-state index < -0.39 is 5.97 Å². The normalized spacial score (nSPS) is 35.9. The quantitative estimate of drug-likeness (QED) is 0.756. The van der Waals surface area contributed by atoms with Gasteiger partial charge in [0.2, 0.25) is 0 Å². The first-order valence-electron chi connectivity index (χ1n) is 5.56. The van der Waals surface area contributed by atoms with Gasteiger partial charge in [0.1, 0.15) is 0 Å². The molecule has 2 nitrogen and oxygen atoms in total. The molecule has 3 atom stereocenters. The fraction of sp³-hybridized carbons (Fsp3) is 0.917. The Morgan fingerprint density at radius 2 is 2.00 bits per heavy atom. The van der Waals surface area contributed by atoms with Gasteiger partial charge >= 0.3 is 5.97 Å². The van der Waals surface area contributed by atoms with Gasteiger partial charge in [-0.05, 0) is 36.0 Å². The Balaban J connectivity index is 2.53. The second kappa shape index (κ2) is 3.92. The van der Waals surface area contributed by atoms with Crippen LogP contribution in [0, 0.1) is 23.2 Å². The summed E-state index contributed by atoms with van der Waals surface area (Å²) in [5.74, 6) is 1.33. The maximum Gasteiger partial charge on any atom is 0.303 e. The molecule has 0 radical (unpaired) electrons. The van der Waals surface area contributed by atoms with Crippen LogP contribution in [-0.2, 0) is 4.79 Å². The summed E-state index contributed by atoms with van der Waals surface area (Å²) in [4.78, 5) is 10.5. The smallest absolute Gasteiger partial charge is 0.303 e. The molecule has 0 saturated heterocycles. The molecule has 3 unspecified atom stereocenters. The molecule has 0 amide bonds. The van der Waals surface area contributed by atoms with Crippen LogP contribution in [0.15, 0.2) is 0 Å². The monoisotopic (exact) mass is 198 g/mol. The molecule has 14 heavy (non-hydrogen) atoms. The van der Waals surface area contributed by atoms with E-state index in [4.69, 9.17) is 5.11 Å². The molecule has 1 saturated carbocycles. The summed E-state index contributed by atoms with van der Waals surface area (Å²) in [7, 11) is 0. The maximum absolute atomic E-state index is 10.5. The minimum absolute atomic E-state index is 0.331. The number of carbonyl (C=O) groups is 1. The van der Waals surface area contributed by atoms with Crippen molar-refractivity contribution < 1.29 is 9.90 Å². The van der Waals surface area contributed by atoms with Crippen LogP contribution in [0.4, 0.5) is 0 Å². The van der Waals surface area contributed by atoms with E-state index in [0.29, 0.717) is 29.6 Å². The third-order valence-electron chi connectivity index (χ3n) is 4.28. The highest BCUT2D eigenvalue weighted by atomic mass is 16.4. The molecule has 0 aromatic rings. The van der Waals surface area contributed by atoms with Crippen molar-refractivity contribution in [2.45, 2.75) is 47.0 Å². The van der Waals surface area contributed by atoms with Crippen LogP contribution in [0.5, 0.6) is 0 Å². The van der Waals surface area contributed by atoms with Gasteiger partial charge in [0.25, 0.3) is 0 Å². The average molecular weight is 198 g/mol. The van der Waals surface area contributed by atoms with Gasteiger partial charge in [0.15, 0.2) is 0 Å². The predicted molar refractivity (Wildman–Crippen MR) is 57.1 cm³/mol. The molecule has 1 N–H and O–H groups in total. The summed E-state index contributed by atoms with van der Waals surface area (Å²) in [5, 5.41) is 8.66. The van der Waals surface area contributed by atoms with Crippen molar-refractivity contribution in [2.75, 3.05) is 0 Å². The minimum atomic E-state index is -0.658. The lowest BCUT2D eigenvalue weighted by molar-refractivity contribution is -0.137. The molecule has 1 fully saturated rings. The van der Waals surface area contributed by atoms with Crippen LogP contribution in [0.1, 0.15) is 47.0 Å². The molecule has 0 aliphatic heterocycles. The summed E-state index contributed by atoms with van der Waals surface area (Å²) < 4.78 is 0. The number of aliphatic carboxylic acids is 1. The van der Waals surface area contributed by atoms with Crippen molar-refractivity contribution in [3.05, 3.63) is 0 Å². The van der Waals surface area contributed by atoms with E-state index in [1.807, 2.05) is 0 Å². The maximum atomic E-state index is 10.5. The van der Waals surface area contributed by atoms with Gasteiger partial charge in [-0.1, -0.05) is 27.7 Å². The summed E-state index contributed by atoms with van der Waals surface area (Å²) >= 11 is 0. The minimum Gasteiger partial charge on any atom is -0.481 e. The van der Waals surface area contributed by atoms with Gasteiger partial charge in [-0.3, -0.25) is 4.79 Å². The van der Waals surface area contributed by atoms with E-state index >= 15 is 0 Å². The molecule has 1 rings (SSSR count). The van der Waals surface area contributed by atoms with Crippen LogP contribution >= 0.6 is 0 Å². The van der Waals surface area contributed by atoms with Gasteiger partial charge in [-0.15, -0.1) is 0 Å². The largest absolute Gasteiger partial charge is 0.481 e.